The number of benzene rings is 2. The Morgan fingerprint density at radius 2 is 1.53 bits per heavy atom. The van der Waals surface area contributed by atoms with Crippen LogP contribution in [0.1, 0.15) is 27.1 Å². The number of amides is 2. The van der Waals surface area contributed by atoms with Gasteiger partial charge in [-0.3, -0.25) is 19.6 Å². The molecule has 30 heavy (non-hydrogen) atoms. The van der Waals surface area contributed by atoms with E-state index in [0.717, 1.165) is 6.07 Å². The Morgan fingerprint density at radius 1 is 0.900 bits per heavy atom. The largest absolute Gasteiger partial charge is 0.506 e. The SMILES string of the molecule is O=C(O)CC(NC(=O)c1ccc(/N=N/c2ccc(C(=O)NO)cc2)c(O)c1)C(=O)O. The highest BCUT2D eigenvalue weighted by molar-refractivity contribution is 5.98. The lowest BCUT2D eigenvalue weighted by atomic mass is 10.1. The summed E-state index contributed by atoms with van der Waals surface area (Å²) in [6.45, 7) is 0. The Morgan fingerprint density at radius 3 is 2.07 bits per heavy atom. The second-order valence-corrected chi connectivity index (χ2v) is 5.85. The predicted octanol–water partition coefficient (Wildman–Crippen LogP) is 1.58. The van der Waals surface area contributed by atoms with Gasteiger partial charge >= 0.3 is 11.9 Å². The van der Waals surface area contributed by atoms with Gasteiger partial charge in [0, 0.05) is 11.1 Å². The van der Waals surface area contributed by atoms with Crippen LogP contribution in [0.2, 0.25) is 0 Å². The van der Waals surface area contributed by atoms with E-state index in [1.165, 1.54) is 41.9 Å². The summed E-state index contributed by atoms with van der Waals surface area (Å²) in [5.74, 6) is -4.92. The number of carbonyl (C=O) groups excluding carboxylic acids is 2. The van der Waals surface area contributed by atoms with Crippen LogP contribution in [0.5, 0.6) is 5.75 Å². The average molecular weight is 416 g/mol. The number of hydroxylamine groups is 1. The number of rotatable bonds is 8. The number of phenols is 1. The van der Waals surface area contributed by atoms with E-state index in [1.807, 2.05) is 0 Å². The second-order valence-electron chi connectivity index (χ2n) is 5.85. The molecule has 0 aliphatic heterocycles. The van der Waals surface area contributed by atoms with Gasteiger partial charge in [-0.1, -0.05) is 0 Å². The Labute approximate surface area is 168 Å². The first kappa shape index (κ1) is 22.0. The molecule has 0 aliphatic rings. The third-order valence-corrected chi connectivity index (χ3v) is 3.72. The Balaban J connectivity index is 2.11. The van der Waals surface area contributed by atoms with Crippen molar-refractivity contribution < 1.29 is 39.7 Å². The summed E-state index contributed by atoms with van der Waals surface area (Å²) >= 11 is 0. The van der Waals surface area contributed by atoms with Gasteiger partial charge in [0.2, 0.25) is 0 Å². The number of phenolic OH excluding ortho intramolecular Hbond substituents is 1. The maximum Gasteiger partial charge on any atom is 0.326 e. The molecule has 2 rings (SSSR count). The summed E-state index contributed by atoms with van der Waals surface area (Å²) < 4.78 is 0. The lowest BCUT2D eigenvalue weighted by Crippen LogP contribution is -2.42. The maximum atomic E-state index is 12.1. The minimum absolute atomic E-state index is 0.00375. The van der Waals surface area contributed by atoms with Gasteiger partial charge < -0.3 is 20.6 Å². The summed E-state index contributed by atoms with van der Waals surface area (Å²) in [5, 5.41) is 46.0. The third kappa shape index (κ3) is 5.84. The van der Waals surface area contributed by atoms with E-state index in [2.05, 4.69) is 15.5 Å². The predicted molar refractivity (Wildman–Crippen MR) is 99.1 cm³/mol. The first-order chi connectivity index (χ1) is 14.2. The highest BCUT2D eigenvalue weighted by Gasteiger charge is 2.23. The molecule has 0 saturated carbocycles. The van der Waals surface area contributed by atoms with Crippen molar-refractivity contribution in [2.45, 2.75) is 12.5 Å². The number of nitrogens with zero attached hydrogens (tertiary/aromatic N) is 2. The number of hydrogen-bond acceptors (Lipinski definition) is 8. The van der Waals surface area contributed by atoms with Crippen LogP contribution in [0.25, 0.3) is 0 Å². The Kier molecular flexibility index (Phi) is 7.14. The minimum atomic E-state index is -1.63. The molecule has 0 bridgehead atoms. The number of nitrogens with one attached hydrogen (secondary N) is 2. The molecule has 0 spiro atoms. The number of aliphatic carboxylic acids is 2. The smallest absolute Gasteiger partial charge is 0.326 e. The molecule has 0 radical (unpaired) electrons. The van der Waals surface area contributed by atoms with E-state index in [1.54, 1.807) is 0 Å². The standard InChI is InChI=1S/C18H16N4O8/c23-14-7-10(16(26)19-13(18(28)29)8-15(24)25)3-6-12(14)21-20-11-4-1-9(2-5-11)17(27)22-30/h1-7,13,23,30H,8H2,(H,19,26)(H,22,27)(H,24,25)(H,28,29)/b21-20+. The van der Waals surface area contributed by atoms with Crippen molar-refractivity contribution in [1.29, 1.82) is 0 Å². The molecule has 2 aromatic rings. The molecule has 156 valence electrons. The minimum Gasteiger partial charge on any atom is -0.506 e. The zero-order valence-electron chi connectivity index (χ0n) is 15.1. The third-order valence-electron chi connectivity index (χ3n) is 3.72. The van der Waals surface area contributed by atoms with Gasteiger partial charge in [-0.15, -0.1) is 5.11 Å². The molecule has 0 fully saturated rings. The van der Waals surface area contributed by atoms with Crippen molar-refractivity contribution in [2.24, 2.45) is 10.2 Å². The van der Waals surface area contributed by atoms with Crippen LogP contribution in [-0.2, 0) is 9.59 Å². The molecule has 0 saturated heterocycles. The number of carboxylic acid groups (broad SMARTS) is 2. The summed E-state index contributed by atoms with van der Waals surface area (Å²) in [6.07, 6.45) is -0.807. The summed E-state index contributed by atoms with van der Waals surface area (Å²) in [5.41, 5.74) is 1.91. The van der Waals surface area contributed by atoms with Gasteiger partial charge in [0.15, 0.2) is 0 Å². The van der Waals surface area contributed by atoms with Crippen LogP contribution in [0, 0.1) is 0 Å². The zero-order valence-corrected chi connectivity index (χ0v) is 15.1. The Hall–Kier alpha value is -4.32. The van der Waals surface area contributed by atoms with E-state index in [-0.39, 0.29) is 16.8 Å². The van der Waals surface area contributed by atoms with Crippen molar-refractivity contribution in [2.75, 3.05) is 0 Å². The molecule has 0 aliphatic carbocycles. The van der Waals surface area contributed by atoms with Gasteiger partial charge in [-0.25, -0.2) is 10.3 Å². The molecule has 1 unspecified atom stereocenters. The van der Waals surface area contributed by atoms with Gasteiger partial charge in [0.1, 0.15) is 17.5 Å². The van der Waals surface area contributed by atoms with Crippen molar-refractivity contribution in [1.82, 2.24) is 10.8 Å². The van der Waals surface area contributed by atoms with E-state index >= 15 is 0 Å². The van der Waals surface area contributed by atoms with Crippen LogP contribution >= 0.6 is 0 Å². The number of hydrogen-bond donors (Lipinski definition) is 6. The molecule has 2 amide bonds. The van der Waals surface area contributed by atoms with E-state index in [9.17, 15) is 24.3 Å². The molecular formula is C18H16N4O8. The number of carbonyl (C=O) groups is 4. The molecule has 12 nitrogen and oxygen atoms in total. The van der Waals surface area contributed by atoms with Gasteiger partial charge in [0.05, 0.1) is 12.1 Å². The van der Waals surface area contributed by atoms with Gasteiger partial charge in [0.25, 0.3) is 11.8 Å². The fraction of sp³-hybridized carbons (Fsp3) is 0.111. The van der Waals surface area contributed by atoms with Crippen LogP contribution in [0.15, 0.2) is 52.7 Å². The average Bonchev–Trinajstić information content (AvgIpc) is 2.71. The van der Waals surface area contributed by atoms with E-state index in [0.29, 0.717) is 5.69 Å². The number of carboxylic acids is 2. The highest BCUT2D eigenvalue weighted by atomic mass is 16.5. The van der Waals surface area contributed by atoms with Crippen molar-refractivity contribution >= 4 is 35.1 Å². The molecule has 6 N–H and O–H groups in total. The maximum absolute atomic E-state index is 12.1. The molecular weight excluding hydrogens is 400 g/mol. The molecule has 1 atom stereocenters. The van der Waals surface area contributed by atoms with Crippen molar-refractivity contribution in [3.63, 3.8) is 0 Å². The number of aromatic hydroxyl groups is 1. The zero-order chi connectivity index (χ0) is 22.3. The molecule has 0 heterocycles. The van der Waals surface area contributed by atoms with Crippen LogP contribution in [-0.4, -0.2) is 50.3 Å². The van der Waals surface area contributed by atoms with Gasteiger partial charge in [-0.05, 0) is 42.5 Å². The van der Waals surface area contributed by atoms with Gasteiger partial charge in [-0.2, -0.15) is 5.11 Å². The monoisotopic (exact) mass is 416 g/mol. The number of azo groups is 1. The topological polar surface area (TPSA) is 198 Å². The van der Waals surface area contributed by atoms with Crippen molar-refractivity contribution in [3.05, 3.63) is 53.6 Å². The lowest BCUT2D eigenvalue weighted by Gasteiger charge is -2.12. The second kappa shape index (κ2) is 9.75. The molecule has 2 aromatic carbocycles. The van der Waals surface area contributed by atoms with E-state index < -0.39 is 42.0 Å². The van der Waals surface area contributed by atoms with Crippen molar-refractivity contribution in [3.8, 4) is 5.75 Å². The fourth-order valence-corrected chi connectivity index (χ4v) is 2.22. The highest BCUT2D eigenvalue weighted by Crippen LogP contribution is 2.29. The fourth-order valence-electron chi connectivity index (χ4n) is 2.22. The lowest BCUT2D eigenvalue weighted by molar-refractivity contribution is -0.145. The molecule has 0 aromatic heterocycles. The van der Waals surface area contributed by atoms with Crippen LogP contribution in [0.4, 0.5) is 11.4 Å². The van der Waals surface area contributed by atoms with Crippen LogP contribution < -0.4 is 10.8 Å². The molecule has 12 heteroatoms. The summed E-state index contributed by atoms with van der Waals surface area (Å²) in [6, 6.07) is 7.58. The quantitative estimate of drug-likeness (QED) is 0.212. The van der Waals surface area contributed by atoms with E-state index in [4.69, 9.17) is 15.4 Å². The first-order valence-corrected chi connectivity index (χ1v) is 8.26. The first-order valence-electron chi connectivity index (χ1n) is 8.26. The Bertz CT molecular complexity index is 1000. The normalized spacial score (nSPS) is 11.6. The summed E-state index contributed by atoms with van der Waals surface area (Å²) in [4.78, 5) is 45.1. The van der Waals surface area contributed by atoms with Crippen LogP contribution in [0.3, 0.4) is 0 Å². The summed E-state index contributed by atoms with van der Waals surface area (Å²) in [7, 11) is 0.